The largest absolute Gasteiger partial charge is 0.743 e. The average molecular weight is 589 g/mol. The molecular formula is C28H32F4O5S2. The van der Waals surface area contributed by atoms with E-state index in [0.717, 1.165) is 11.8 Å². The number of aliphatic hydroxyl groups is 1. The number of rotatable bonds is 4. The van der Waals surface area contributed by atoms with E-state index in [4.69, 9.17) is 0 Å². The highest BCUT2D eigenvalue weighted by molar-refractivity contribution is 7.97. The van der Waals surface area contributed by atoms with E-state index in [1.54, 1.807) is 0 Å². The van der Waals surface area contributed by atoms with Crippen LogP contribution in [0.3, 0.4) is 0 Å². The van der Waals surface area contributed by atoms with Crippen LogP contribution < -0.4 is 0 Å². The minimum Gasteiger partial charge on any atom is -0.743 e. The van der Waals surface area contributed by atoms with Crippen LogP contribution in [0.4, 0.5) is 17.6 Å². The summed E-state index contributed by atoms with van der Waals surface area (Å²) >= 11 is 0. The zero-order chi connectivity index (χ0) is 27.9. The van der Waals surface area contributed by atoms with E-state index in [0.29, 0.717) is 29.5 Å². The van der Waals surface area contributed by atoms with Crippen LogP contribution in [0.1, 0.15) is 38.5 Å². The third-order valence-corrected chi connectivity index (χ3v) is 13.6. The fourth-order valence-corrected chi connectivity index (χ4v) is 11.7. The van der Waals surface area contributed by atoms with Gasteiger partial charge in [0.2, 0.25) is 0 Å². The zero-order valence-corrected chi connectivity index (χ0v) is 22.8. The molecule has 2 aromatic rings. The first kappa shape index (κ1) is 27.6. The summed E-state index contributed by atoms with van der Waals surface area (Å²) in [5.41, 5.74) is 0. The normalized spacial score (nSPS) is 35.8. The quantitative estimate of drug-likeness (QED) is 0.217. The molecule has 11 heteroatoms. The second kappa shape index (κ2) is 9.49. The van der Waals surface area contributed by atoms with Crippen molar-refractivity contribution in [1.29, 1.82) is 0 Å². The molecule has 5 fully saturated rings. The van der Waals surface area contributed by atoms with Crippen LogP contribution >= 0.6 is 0 Å². The van der Waals surface area contributed by atoms with Crippen molar-refractivity contribution < 1.29 is 40.7 Å². The Morgan fingerprint density at radius 2 is 1.44 bits per heavy atom. The standard InChI is InChI=1S/C14H18F4O4S.C14H14OS/c15-13(16,14(17,18)23(20,21)22)9-3-5-1-7(9)11-6-2-8(12(5)11)10(19)4-6;15-13-7-8-14(16-9-3-4-10-16)12-6-2-1-5-11(12)13/h5-12,19H,1-4H2,(H,20,21,22);1-2,5-8H,3-4,9-10H2. The Hall–Kier alpha value is -1.56. The molecule has 4 saturated carbocycles. The fraction of sp³-hybridized carbons (Fsp3) is 0.643. The van der Waals surface area contributed by atoms with Gasteiger partial charge in [-0.2, -0.15) is 17.6 Å². The molecule has 214 valence electrons. The predicted octanol–water partition coefficient (Wildman–Crippen LogP) is 5.37. The average Bonchev–Trinajstić information content (AvgIpc) is 3.70. The molecule has 1 heterocycles. The molecule has 4 aliphatic carbocycles. The van der Waals surface area contributed by atoms with Crippen molar-refractivity contribution >= 4 is 31.8 Å². The molecule has 0 aromatic heterocycles. The van der Waals surface area contributed by atoms with Crippen LogP contribution in [0.2, 0.25) is 0 Å². The summed E-state index contributed by atoms with van der Waals surface area (Å²) in [7, 11) is -6.01. The molecule has 0 spiro atoms. The predicted molar refractivity (Wildman–Crippen MR) is 139 cm³/mol. The van der Waals surface area contributed by atoms with E-state index in [-0.39, 0.29) is 36.0 Å². The molecule has 4 bridgehead atoms. The third kappa shape index (κ3) is 4.20. The van der Waals surface area contributed by atoms with Crippen molar-refractivity contribution in [3.05, 3.63) is 36.4 Å². The van der Waals surface area contributed by atoms with Gasteiger partial charge in [-0.05, 0) is 92.2 Å². The van der Waals surface area contributed by atoms with Crippen LogP contribution in [-0.4, -0.2) is 52.0 Å². The SMILES string of the molecule is O=S(=O)([O-])C(F)(F)C(F)(F)C1CC2CC1C1C3CC(O)C(C3)C21.Oc1ccc([S+]2CCCC2)c2ccccc12. The number of halogens is 4. The van der Waals surface area contributed by atoms with Crippen LogP contribution in [0, 0.1) is 41.4 Å². The van der Waals surface area contributed by atoms with Gasteiger partial charge >= 0.3 is 11.2 Å². The van der Waals surface area contributed by atoms with Gasteiger partial charge in [-0.25, -0.2) is 8.42 Å². The number of phenolic OH excluding ortho intramolecular Hbond substituents is 1. The Balaban J connectivity index is 0.000000151. The summed E-state index contributed by atoms with van der Waals surface area (Å²) in [5.74, 6) is -4.40. The van der Waals surface area contributed by atoms with Gasteiger partial charge in [0.05, 0.1) is 6.10 Å². The number of fused-ring (bicyclic) bond motifs is 10. The maximum atomic E-state index is 14.3. The number of phenols is 1. The Morgan fingerprint density at radius 1 is 0.846 bits per heavy atom. The number of aromatic hydroxyl groups is 1. The monoisotopic (exact) mass is 588 g/mol. The highest BCUT2D eigenvalue weighted by Gasteiger charge is 2.74. The molecule has 1 aliphatic heterocycles. The van der Waals surface area contributed by atoms with E-state index in [2.05, 4.69) is 18.2 Å². The van der Waals surface area contributed by atoms with Gasteiger partial charge < -0.3 is 14.8 Å². The Bertz CT molecular complexity index is 1360. The molecule has 2 N–H and O–H groups in total. The van der Waals surface area contributed by atoms with Crippen molar-refractivity contribution in [2.24, 2.45) is 41.4 Å². The molecule has 1 saturated heterocycles. The molecule has 5 aliphatic rings. The lowest BCUT2D eigenvalue weighted by Crippen LogP contribution is -2.54. The van der Waals surface area contributed by atoms with Gasteiger partial charge in [-0.3, -0.25) is 0 Å². The maximum absolute atomic E-state index is 14.3. The van der Waals surface area contributed by atoms with E-state index in [1.165, 1.54) is 34.6 Å². The molecule has 7 rings (SSSR count). The summed E-state index contributed by atoms with van der Waals surface area (Å²) in [6.07, 6.45) is 3.69. The van der Waals surface area contributed by atoms with Crippen molar-refractivity contribution in [1.82, 2.24) is 0 Å². The zero-order valence-electron chi connectivity index (χ0n) is 21.2. The summed E-state index contributed by atoms with van der Waals surface area (Å²) < 4.78 is 87.6. The smallest absolute Gasteiger partial charge is 0.396 e. The summed E-state index contributed by atoms with van der Waals surface area (Å²) in [4.78, 5) is 1.45. The number of hydrogen-bond acceptors (Lipinski definition) is 5. The number of alkyl halides is 4. The summed E-state index contributed by atoms with van der Waals surface area (Å²) in [6.45, 7) is 0. The van der Waals surface area contributed by atoms with E-state index >= 15 is 0 Å². The van der Waals surface area contributed by atoms with Crippen LogP contribution in [0.25, 0.3) is 10.8 Å². The van der Waals surface area contributed by atoms with Crippen LogP contribution in [0.5, 0.6) is 5.75 Å². The molecule has 0 amide bonds. The van der Waals surface area contributed by atoms with Crippen molar-refractivity contribution in [3.8, 4) is 5.75 Å². The van der Waals surface area contributed by atoms with Gasteiger partial charge in [0, 0.05) is 27.6 Å². The first-order valence-electron chi connectivity index (χ1n) is 13.6. The van der Waals surface area contributed by atoms with Crippen LogP contribution in [0.15, 0.2) is 41.3 Å². The van der Waals surface area contributed by atoms with Gasteiger partial charge in [0.25, 0.3) is 0 Å². The Morgan fingerprint density at radius 3 is 2.10 bits per heavy atom. The molecule has 2 aromatic carbocycles. The molecule has 0 radical (unpaired) electrons. The lowest BCUT2D eigenvalue weighted by Gasteiger charge is -2.44. The number of benzene rings is 2. The van der Waals surface area contributed by atoms with E-state index < -0.39 is 39.2 Å². The first-order chi connectivity index (χ1) is 18.3. The topological polar surface area (TPSA) is 97.7 Å². The van der Waals surface area contributed by atoms with Crippen molar-refractivity contribution in [3.63, 3.8) is 0 Å². The van der Waals surface area contributed by atoms with Crippen LogP contribution in [-0.2, 0) is 21.0 Å². The molecule has 8 atom stereocenters. The second-order valence-electron chi connectivity index (χ2n) is 11.9. The van der Waals surface area contributed by atoms with Gasteiger partial charge in [0.1, 0.15) is 17.3 Å². The van der Waals surface area contributed by atoms with Gasteiger partial charge in [0.15, 0.2) is 15.0 Å². The Kier molecular flexibility index (Phi) is 6.72. The minimum atomic E-state index is -6.43. The Labute approximate surface area is 228 Å². The lowest BCUT2D eigenvalue weighted by molar-refractivity contribution is -0.210. The van der Waals surface area contributed by atoms with E-state index in [1.807, 2.05) is 18.2 Å². The highest BCUT2D eigenvalue weighted by atomic mass is 32.2. The van der Waals surface area contributed by atoms with E-state index in [9.17, 15) is 40.7 Å². The van der Waals surface area contributed by atoms with Gasteiger partial charge in [-0.1, -0.05) is 18.2 Å². The summed E-state index contributed by atoms with van der Waals surface area (Å²) in [6, 6.07) is 12.2. The lowest BCUT2D eigenvalue weighted by atomic mass is 9.65. The molecular weight excluding hydrogens is 556 g/mol. The third-order valence-electron chi connectivity index (χ3n) is 10.2. The molecule has 39 heavy (non-hydrogen) atoms. The fourth-order valence-electron chi connectivity index (χ4n) is 8.75. The summed E-state index contributed by atoms with van der Waals surface area (Å²) in [5, 5.41) is 16.5. The highest BCUT2D eigenvalue weighted by Crippen LogP contribution is 2.71. The maximum Gasteiger partial charge on any atom is 0.396 e. The van der Waals surface area contributed by atoms with Gasteiger partial charge in [-0.15, -0.1) is 0 Å². The number of hydrogen-bond donors (Lipinski definition) is 2. The molecule has 5 nitrogen and oxygen atoms in total. The second-order valence-corrected chi connectivity index (χ2v) is 15.6. The number of aliphatic hydroxyl groups excluding tert-OH is 1. The first-order valence-corrected chi connectivity index (χ1v) is 16.6. The van der Waals surface area contributed by atoms with Crippen molar-refractivity contribution in [2.45, 2.75) is 60.7 Å². The molecule has 8 unspecified atom stereocenters. The minimum absolute atomic E-state index is 0.0473. The van der Waals surface area contributed by atoms with Crippen molar-refractivity contribution in [2.75, 3.05) is 11.5 Å².